The summed E-state index contributed by atoms with van der Waals surface area (Å²) < 4.78 is 0. The molecule has 1 heterocycles. The zero-order valence-corrected chi connectivity index (χ0v) is 9.76. The molecule has 3 heteroatoms. The number of amides is 1. The smallest absolute Gasteiger partial charge is 0.239 e. The Kier molecular flexibility index (Phi) is 3.53. The van der Waals surface area contributed by atoms with Crippen molar-refractivity contribution in [2.24, 2.45) is 0 Å². The highest BCUT2D eigenvalue weighted by Crippen LogP contribution is 2.16. The summed E-state index contributed by atoms with van der Waals surface area (Å²) >= 11 is 0. The standard InChI is InChI=1S/C11H22N2O/c1-9-10(14)13(11(2,3)4)8-6-5-7-12-9/h9,12H,5-8H2,1-4H3. The van der Waals surface area contributed by atoms with Crippen molar-refractivity contribution in [2.45, 2.75) is 52.1 Å². The van der Waals surface area contributed by atoms with Gasteiger partial charge in [-0.3, -0.25) is 4.79 Å². The molecule has 0 bridgehead atoms. The molecular weight excluding hydrogens is 176 g/mol. The molecule has 82 valence electrons. The average Bonchev–Trinajstić information content (AvgIpc) is 2.04. The van der Waals surface area contributed by atoms with E-state index in [0.29, 0.717) is 0 Å². The number of hydrogen-bond acceptors (Lipinski definition) is 2. The van der Waals surface area contributed by atoms with E-state index in [9.17, 15) is 4.79 Å². The van der Waals surface area contributed by atoms with E-state index in [1.165, 1.54) is 0 Å². The zero-order chi connectivity index (χ0) is 10.8. The van der Waals surface area contributed by atoms with E-state index >= 15 is 0 Å². The van der Waals surface area contributed by atoms with Gasteiger partial charge in [0.25, 0.3) is 0 Å². The van der Waals surface area contributed by atoms with E-state index in [1.54, 1.807) is 0 Å². The van der Waals surface area contributed by atoms with Crippen molar-refractivity contribution in [3.05, 3.63) is 0 Å². The third-order valence-corrected chi connectivity index (χ3v) is 2.71. The van der Waals surface area contributed by atoms with Gasteiger partial charge in [0.2, 0.25) is 5.91 Å². The third kappa shape index (κ3) is 2.71. The van der Waals surface area contributed by atoms with E-state index in [1.807, 2.05) is 11.8 Å². The lowest BCUT2D eigenvalue weighted by Crippen LogP contribution is -2.54. The number of nitrogens with one attached hydrogen (secondary N) is 1. The van der Waals surface area contributed by atoms with Crippen molar-refractivity contribution < 1.29 is 4.79 Å². The molecule has 0 aromatic heterocycles. The molecule has 1 unspecified atom stereocenters. The molecule has 1 atom stereocenters. The second kappa shape index (κ2) is 4.30. The van der Waals surface area contributed by atoms with Crippen LogP contribution >= 0.6 is 0 Å². The molecule has 0 saturated carbocycles. The van der Waals surface area contributed by atoms with Crippen LogP contribution in [0.25, 0.3) is 0 Å². The Labute approximate surface area is 86.9 Å². The highest BCUT2D eigenvalue weighted by molar-refractivity contribution is 5.82. The molecule has 1 saturated heterocycles. The van der Waals surface area contributed by atoms with Gasteiger partial charge in [-0.15, -0.1) is 0 Å². The maximum Gasteiger partial charge on any atom is 0.239 e. The van der Waals surface area contributed by atoms with Crippen LogP contribution in [-0.2, 0) is 4.79 Å². The largest absolute Gasteiger partial charge is 0.337 e. The second-order valence-electron chi connectivity index (χ2n) is 5.04. The molecule has 0 spiro atoms. The molecule has 1 aliphatic rings. The third-order valence-electron chi connectivity index (χ3n) is 2.71. The summed E-state index contributed by atoms with van der Waals surface area (Å²) in [7, 11) is 0. The van der Waals surface area contributed by atoms with Crippen molar-refractivity contribution in [1.29, 1.82) is 0 Å². The molecule has 0 aromatic carbocycles. The van der Waals surface area contributed by atoms with Crippen LogP contribution in [0, 0.1) is 0 Å². The van der Waals surface area contributed by atoms with Crippen LogP contribution in [-0.4, -0.2) is 35.5 Å². The molecule has 1 amide bonds. The van der Waals surface area contributed by atoms with Crippen LogP contribution in [0.2, 0.25) is 0 Å². The number of hydrogen-bond donors (Lipinski definition) is 1. The first kappa shape index (κ1) is 11.5. The highest BCUT2D eigenvalue weighted by atomic mass is 16.2. The predicted octanol–water partition coefficient (Wildman–Crippen LogP) is 1.39. The zero-order valence-electron chi connectivity index (χ0n) is 9.76. The molecule has 1 rings (SSSR count). The summed E-state index contributed by atoms with van der Waals surface area (Å²) in [5.74, 6) is 0.234. The number of nitrogens with zero attached hydrogens (tertiary/aromatic N) is 1. The maximum atomic E-state index is 12.0. The first-order valence-corrected chi connectivity index (χ1v) is 5.48. The van der Waals surface area contributed by atoms with Crippen molar-refractivity contribution in [3.8, 4) is 0 Å². The van der Waals surface area contributed by atoms with Gasteiger partial charge < -0.3 is 10.2 Å². The predicted molar refractivity (Wildman–Crippen MR) is 58.2 cm³/mol. The fraction of sp³-hybridized carbons (Fsp3) is 0.909. The SMILES string of the molecule is CC1NCCCCN(C(C)(C)C)C1=O. The molecule has 1 N–H and O–H groups in total. The van der Waals surface area contributed by atoms with Gasteiger partial charge in [0.15, 0.2) is 0 Å². The first-order valence-electron chi connectivity index (χ1n) is 5.48. The van der Waals surface area contributed by atoms with Gasteiger partial charge in [-0.05, 0) is 47.1 Å². The molecule has 0 aliphatic carbocycles. The lowest BCUT2D eigenvalue weighted by atomic mass is 10.0. The second-order valence-corrected chi connectivity index (χ2v) is 5.04. The van der Waals surface area contributed by atoms with Gasteiger partial charge in [0.05, 0.1) is 6.04 Å². The van der Waals surface area contributed by atoms with Crippen LogP contribution in [0.15, 0.2) is 0 Å². The van der Waals surface area contributed by atoms with Crippen LogP contribution in [0.5, 0.6) is 0 Å². The number of carbonyl (C=O) groups is 1. The summed E-state index contributed by atoms with van der Waals surface area (Å²) in [4.78, 5) is 14.0. The van der Waals surface area contributed by atoms with Gasteiger partial charge in [0.1, 0.15) is 0 Å². The summed E-state index contributed by atoms with van der Waals surface area (Å²) in [5.41, 5.74) is -0.0512. The molecule has 14 heavy (non-hydrogen) atoms. The quantitative estimate of drug-likeness (QED) is 0.638. The van der Waals surface area contributed by atoms with E-state index < -0.39 is 0 Å². The fourth-order valence-corrected chi connectivity index (χ4v) is 1.81. The van der Waals surface area contributed by atoms with Crippen LogP contribution < -0.4 is 5.32 Å². The van der Waals surface area contributed by atoms with Crippen LogP contribution in [0.4, 0.5) is 0 Å². The minimum absolute atomic E-state index is 0.0328. The Morgan fingerprint density at radius 2 is 2.00 bits per heavy atom. The summed E-state index contributed by atoms with van der Waals surface area (Å²) in [6.45, 7) is 10.1. The summed E-state index contributed by atoms with van der Waals surface area (Å²) in [5, 5.41) is 3.25. The van der Waals surface area contributed by atoms with Crippen LogP contribution in [0.1, 0.15) is 40.5 Å². The Morgan fingerprint density at radius 1 is 1.36 bits per heavy atom. The Bertz CT molecular complexity index is 208. The Balaban J connectivity index is 2.74. The molecule has 1 fully saturated rings. The molecule has 1 aliphatic heterocycles. The van der Waals surface area contributed by atoms with E-state index in [-0.39, 0.29) is 17.5 Å². The van der Waals surface area contributed by atoms with Gasteiger partial charge >= 0.3 is 0 Å². The van der Waals surface area contributed by atoms with Crippen molar-refractivity contribution in [3.63, 3.8) is 0 Å². The van der Waals surface area contributed by atoms with E-state index in [0.717, 1.165) is 25.9 Å². The molecule has 0 aromatic rings. The average molecular weight is 198 g/mol. The van der Waals surface area contributed by atoms with Gasteiger partial charge in [-0.25, -0.2) is 0 Å². The summed E-state index contributed by atoms with van der Waals surface area (Å²) in [6, 6.07) is -0.0328. The lowest BCUT2D eigenvalue weighted by molar-refractivity contribution is -0.138. The highest BCUT2D eigenvalue weighted by Gasteiger charge is 2.29. The Hall–Kier alpha value is -0.570. The summed E-state index contributed by atoms with van der Waals surface area (Å²) in [6.07, 6.45) is 2.26. The van der Waals surface area contributed by atoms with E-state index in [2.05, 4.69) is 26.1 Å². The van der Waals surface area contributed by atoms with Gasteiger partial charge in [-0.1, -0.05) is 0 Å². The van der Waals surface area contributed by atoms with Crippen molar-refractivity contribution in [1.82, 2.24) is 10.2 Å². The van der Waals surface area contributed by atoms with Gasteiger partial charge in [0, 0.05) is 12.1 Å². The number of carbonyl (C=O) groups excluding carboxylic acids is 1. The molecule has 3 nitrogen and oxygen atoms in total. The van der Waals surface area contributed by atoms with Gasteiger partial charge in [-0.2, -0.15) is 0 Å². The normalized spacial score (nSPS) is 25.9. The minimum atomic E-state index is -0.0512. The topological polar surface area (TPSA) is 32.3 Å². The van der Waals surface area contributed by atoms with Crippen molar-refractivity contribution >= 4 is 5.91 Å². The molecule has 0 radical (unpaired) electrons. The fourth-order valence-electron chi connectivity index (χ4n) is 1.81. The lowest BCUT2D eigenvalue weighted by Gasteiger charge is -2.39. The van der Waals surface area contributed by atoms with E-state index in [4.69, 9.17) is 0 Å². The Morgan fingerprint density at radius 3 is 2.57 bits per heavy atom. The minimum Gasteiger partial charge on any atom is -0.337 e. The maximum absolute atomic E-state index is 12.0. The van der Waals surface area contributed by atoms with Crippen molar-refractivity contribution in [2.75, 3.05) is 13.1 Å². The monoisotopic (exact) mass is 198 g/mol. The number of rotatable bonds is 0. The molecular formula is C11H22N2O. The first-order chi connectivity index (χ1) is 6.43. The van der Waals surface area contributed by atoms with Crippen LogP contribution in [0.3, 0.4) is 0 Å².